The first-order valence-corrected chi connectivity index (χ1v) is 9.47. The molecule has 32 heavy (non-hydrogen) atoms. The van der Waals surface area contributed by atoms with Gasteiger partial charge in [0, 0.05) is 24.1 Å². The van der Waals surface area contributed by atoms with Gasteiger partial charge in [0.1, 0.15) is 11.3 Å². The predicted molar refractivity (Wildman–Crippen MR) is 105 cm³/mol. The lowest BCUT2D eigenvalue weighted by molar-refractivity contribution is -0.137. The van der Waals surface area contributed by atoms with Gasteiger partial charge >= 0.3 is 6.18 Å². The Morgan fingerprint density at radius 2 is 1.94 bits per heavy atom. The molecular formula is C20H18F3N5O4. The summed E-state index contributed by atoms with van der Waals surface area (Å²) in [5.41, 5.74) is 3.90. The number of aliphatic hydroxyl groups excluding tert-OH is 1. The number of aliphatic hydroxyl groups is 1. The number of aryl methyl sites for hydroxylation is 1. The van der Waals surface area contributed by atoms with Crippen LogP contribution in [0, 0.1) is 0 Å². The molecule has 0 radical (unpaired) electrons. The highest BCUT2D eigenvalue weighted by Gasteiger charge is 2.36. The topological polar surface area (TPSA) is 125 Å². The summed E-state index contributed by atoms with van der Waals surface area (Å²) in [5.74, 6) is -1.88. The van der Waals surface area contributed by atoms with Crippen molar-refractivity contribution in [3.05, 3.63) is 63.7 Å². The third-order valence-corrected chi connectivity index (χ3v) is 5.22. The van der Waals surface area contributed by atoms with Gasteiger partial charge in [0.2, 0.25) is 0 Å². The molecule has 2 atom stereocenters. The number of rotatable bonds is 4. The van der Waals surface area contributed by atoms with Crippen LogP contribution in [0.4, 0.5) is 13.2 Å². The highest BCUT2D eigenvalue weighted by atomic mass is 19.4. The molecule has 2 aromatic heterocycles. The van der Waals surface area contributed by atoms with Crippen molar-refractivity contribution in [2.24, 2.45) is 12.8 Å². The molecule has 2 unspecified atom stereocenters. The molecule has 0 spiro atoms. The lowest BCUT2D eigenvalue weighted by Crippen LogP contribution is -2.35. The SMILES string of the molecule is Cn1cc(-n2nc(-c3ccc(C(F)(F)F)cc3)c(C3COCC3O)c(C(N)=O)c2=O)cn1. The number of primary amides is 1. The van der Waals surface area contributed by atoms with Crippen LogP contribution in [-0.4, -0.2) is 49.9 Å². The summed E-state index contributed by atoms with van der Waals surface area (Å²) in [4.78, 5) is 25.5. The Kier molecular flexibility index (Phi) is 5.34. The lowest BCUT2D eigenvalue weighted by Gasteiger charge is -2.21. The molecule has 1 aliphatic heterocycles. The molecule has 4 rings (SSSR count). The van der Waals surface area contributed by atoms with Gasteiger partial charge in [-0.1, -0.05) is 12.1 Å². The molecule has 1 amide bonds. The summed E-state index contributed by atoms with van der Waals surface area (Å²) < 4.78 is 46.7. The normalized spacial score (nSPS) is 18.8. The summed E-state index contributed by atoms with van der Waals surface area (Å²) in [5, 5.41) is 18.7. The van der Waals surface area contributed by atoms with E-state index in [1.165, 1.54) is 29.2 Å². The number of amides is 1. The average Bonchev–Trinajstić information content (AvgIpc) is 3.34. The van der Waals surface area contributed by atoms with Crippen LogP contribution in [0.25, 0.3) is 16.9 Å². The van der Waals surface area contributed by atoms with Gasteiger partial charge in [0.15, 0.2) is 0 Å². The van der Waals surface area contributed by atoms with Crippen LogP contribution < -0.4 is 11.3 Å². The first-order valence-electron chi connectivity index (χ1n) is 9.47. The second-order valence-corrected chi connectivity index (χ2v) is 7.38. The maximum absolute atomic E-state index is 13.2. The van der Waals surface area contributed by atoms with Crippen molar-refractivity contribution in [3.63, 3.8) is 0 Å². The number of ether oxygens (including phenoxy) is 1. The van der Waals surface area contributed by atoms with Crippen molar-refractivity contribution < 1.29 is 27.8 Å². The van der Waals surface area contributed by atoms with E-state index in [-0.39, 0.29) is 35.7 Å². The first-order chi connectivity index (χ1) is 15.1. The standard InChI is InChI=1S/C20H18F3N5O4/c1-27-7-12(6-25-27)28-19(31)16(18(24)30)15(13-8-32-9-14(13)29)17(26-28)10-2-4-11(5-3-10)20(21,22)23/h2-7,13-14,29H,8-9H2,1H3,(H2,24,30). The number of carbonyl (C=O) groups is 1. The number of carbonyl (C=O) groups excluding carboxylic acids is 1. The molecule has 3 heterocycles. The Labute approximate surface area is 178 Å². The van der Waals surface area contributed by atoms with E-state index in [1.54, 1.807) is 7.05 Å². The molecule has 1 fully saturated rings. The Hall–Kier alpha value is -3.51. The summed E-state index contributed by atoms with van der Waals surface area (Å²) in [6, 6.07) is 4.09. The highest BCUT2D eigenvalue weighted by Crippen LogP contribution is 2.36. The zero-order chi connectivity index (χ0) is 23.2. The van der Waals surface area contributed by atoms with Crippen molar-refractivity contribution in [2.75, 3.05) is 13.2 Å². The number of hydrogen-bond acceptors (Lipinski definition) is 6. The second kappa shape index (κ2) is 7.88. The summed E-state index contributed by atoms with van der Waals surface area (Å²) in [6.45, 7) is -0.0614. The van der Waals surface area contributed by atoms with E-state index in [0.717, 1.165) is 16.8 Å². The minimum Gasteiger partial charge on any atom is -0.390 e. The fraction of sp³-hybridized carbons (Fsp3) is 0.300. The fourth-order valence-corrected chi connectivity index (χ4v) is 3.68. The van der Waals surface area contributed by atoms with E-state index in [0.29, 0.717) is 0 Å². The quantitative estimate of drug-likeness (QED) is 0.617. The average molecular weight is 449 g/mol. The Bertz CT molecular complexity index is 1230. The molecule has 1 aliphatic rings. The van der Waals surface area contributed by atoms with Gasteiger partial charge in [0.25, 0.3) is 11.5 Å². The molecule has 3 aromatic rings. The van der Waals surface area contributed by atoms with E-state index in [4.69, 9.17) is 10.5 Å². The van der Waals surface area contributed by atoms with Crippen molar-refractivity contribution in [3.8, 4) is 16.9 Å². The minimum absolute atomic E-state index is 0.0207. The van der Waals surface area contributed by atoms with Crippen LogP contribution in [0.3, 0.4) is 0 Å². The minimum atomic E-state index is -4.54. The van der Waals surface area contributed by atoms with Crippen LogP contribution in [0.2, 0.25) is 0 Å². The number of nitrogens with zero attached hydrogens (tertiary/aromatic N) is 4. The number of benzene rings is 1. The van der Waals surface area contributed by atoms with Gasteiger partial charge < -0.3 is 15.6 Å². The Morgan fingerprint density at radius 1 is 1.25 bits per heavy atom. The van der Waals surface area contributed by atoms with E-state index >= 15 is 0 Å². The van der Waals surface area contributed by atoms with E-state index < -0.39 is 40.8 Å². The van der Waals surface area contributed by atoms with Crippen molar-refractivity contribution in [2.45, 2.75) is 18.2 Å². The number of alkyl halides is 3. The number of hydrogen-bond donors (Lipinski definition) is 2. The monoisotopic (exact) mass is 449 g/mol. The number of nitrogens with two attached hydrogens (primary N) is 1. The molecule has 1 aromatic carbocycles. The smallest absolute Gasteiger partial charge is 0.390 e. The lowest BCUT2D eigenvalue weighted by atomic mass is 9.88. The summed E-state index contributed by atoms with van der Waals surface area (Å²) in [7, 11) is 1.61. The molecule has 0 aliphatic carbocycles. The predicted octanol–water partition coefficient (Wildman–Crippen LogP) is 1.23. The van der Waals surface area contributed by atoms with Crippen molar-refractivity contribution in [1.29, 1.82) is 0 Å². The van der Waals surface area contributed by atoms with Crippen LogP contribution in [0.5, 0.6) is 0 Å². The largest absolute Gasteiger partial charge is 0.416 e. The second-order valence-electron chi connectivity index (χ2n) is 7.38. The van der Waals surface area contributed by atoms with Crippen molar-refractivity contribution in [1.82, 2.24) is 19.6 Å². The van der Waals surface area contributed by atoms with Gasteiger partial charge in [-0.15, -0.1) is 0 Å². The summed E-state index contributed by atoms with van der Waals surface area (Å²) in [6.07, 6.45) is -2.79. The van der Waals surface area contributed by atoms with Gasteiger partial charge in [0.05, 0.1) is 43.0 Å². The van der Waals surface area contributed by atoms with Crippen molar-refractivity contribution >= 4 is 5.91 Å². The van der Waals surface area contributed by atoms with Gasteiger partial charge in [-0.25, -0.2) is 0 Å². The van der Waals surface area contributed by atoms with E-state index in [2.05, 4.69) is 10.2 Å². The van der Waals surface area contributed by atoms with Gasteiger partial charge in [-0.3, -0.25) is 14.3 Å². The van der Waals surface area contributed by atoms with E-state index in [1.807, 2.05) is 0 Å². The zero-order valence-corrected chi connectivity index (χ0v) is 16.7. The van der Waals surface area contributed by atoms with Crippen LogP contribution >= 0.6 is 0 Å². The third-order valence-electron chi connectivity index (χ3n) is 5.22. The Morgan fingerprint density at radius 3 is 2.44 bits per heavy atom. The molecule has 1 saturated heterocycles. The molecule has 9 nitrogen and oxygen atoms in total. The molecule has 12 heteroatoms. The molecule has 3 N–H and O–H groups in total. The number of aromatic nitrogens is 4. The molecule has 168 valence electrons. The Balaban J connectivity index is 2.02. The first kappa shape index (κ1) is 21.7. The maximum atomic E-state index is 13.2. The van der Waals surface area contributed by atoms with Crippen LogP contribution in [-0.2, 0) is 18.0 Å². The molecule has 0 saturated carbocycles. The number of halogens is 3. The van der Waals surface area contributed by atoms with Gasteiger partial charge in [-0.05, 0) is 12.1 Å². The maximum Gasteiger partial charge on any atom is 0.416 e. The van der Waals surface area contributed by atoms with Crippen LogP contribution in [0.15, 0.2) is 41.5 Å². The highest BCUT2D eigenvalue weighted by molar-refractivity contribution is 5.96. The zero-order valence-electron chi connectivity index (χ0n) is 16.7. The van der Waals surface area contributed by atoms with E-state index in [9.17, 15) is 27.9 Å². The van der Waals surface area contributed by atoms with Crippen LogP contribution in [0.1, 0.15) is 27.4 Å². The third kappa shape index (κ3) is 3.78. The molecular weight excluding hydrogens is 431 g/mol. The fourth-order valence-electron chi connectivity index (χ4n) is 3.68. The molecule has 0 bridgehead atoms. The van der Waals surface area contributed by atoms with Gasteiger partial charge in [-0.2, -0.15) is 28.1 Å². The summed E-state index contributed by atoms with van der Waals surface area (Å²) >= 11 is 0.